The summed E-state index contributed by atoms with van der Waals surface area (Å²) in [4.78, 5) is 20.4. The number of fused-ring (bicyclic) bond motifs is 1. The highest BCUT2D eigenvalue weighted by Crippen LogP contribution is 2.39. The van der Waals surface area contributed by atoms with Crippen molar-refractivity contribution >= 4 is 45.9 Å². The number of aromatic nitrogens is 2. The van der Waals surface area contributed by atoms with Gasteiger partial charge in [-0.15, -0.1) is 11.8 Å². The Morgan fingerprint density at radius 2 is 1.85 bits per heavy atom. The molecule has 3 aromatic rings. The molecule has 2 aromatic carbocycles. The van der Waals surface area contributed by atoms with Crippen molar-refractivity contribution in [2.75, 3.05) is 18.8 Å². The zero-order valence-corrected chi connectivity index (χ0v) is 20.2. The Hall–Kier alpha value is -1.74. The number of likely N-dealkylation sites (tertiary alicyclic amines) is 1. The van der Waals surface area contributed by atoms with Gasteiger partial charge in [0.15, 0.2) is 0 Å². The zero-order valence-electron chi connectivity index (χ0n) is 17.9. The normalized spacial score (nSPS) is 15.0. The molecule has 1 fully saturated rings. The van der Waals surface area contributed by atoms with Gasteiger partial charge in [-0.05, 0) is 67.1 Å². The third-order valence-corrected chi connectivity index (χ3v) is 7.35. The fourth-order valence-corrected chi connectivity index (χ4v) is 5.43. The Morgan fingerprint density at radius 1 is 1.12 bits per heavy atom. The van der Waals surface area contributed by atoms with Gasteiger partial charge in [0.2, 0.25) is 0 Å². The summed E-state index contributed by atoms with van der Waals surface area (Å²) < 4.78 is 43.2. The molecule has 10 heteroatoms. The number of halogens is 5. The van der Waals surface area contributed by atoms with Crippen LogP contribution in [0.25, 0.3) is 10.9 Å². The van der Waals surface area contributed by atoms with E-state index in [1.165, 1.54) is 10.9 Å². The topological polar surface area (TPSA) is 38.1 Å². The molecule has 0 N–H and O–H groups in total. The molecule has 1 aliphatic heterocycles. The Labute approximate surface area is 203 Å². The van der Waals surface area contributed by atoms with E-state index in [4.69, 9.17) is 23.2 Å². The summed E-state index contributed by atoms with van der Waals surface area (Å²) in [6.07, 6.45) is -1.42. The monoisotopic (exact) mass is 515 g/mol. The van der Waals surface area contributed by atoms with Crippen LogP contribution in [0.2, 0.25) is 10.0 Å². The van der Waals surface area contributed by atoms with E-state index in [0.29, 0.717) is 5.02 Å². The van der Waals surface area contributed by atoms with Gasteiger partial charge in [-0.25, -0.2) is 4.98 Å². The van der Waals surface area contributed by atoms with Crippen LogP contribution in [0.4, 0.5) is 13.2 Å². The predicted octanol–water partition coefficient (Wildman–Crippen LogP) is 6.48. The van der Waals surface area contributed by atoms with Crippen LogP contribution in [0.1, 0.15) is 36.5 Å². The molecule has 0 amide bonds. The lowest BCUT2D eigenvalue weighted by Crippen LogP contribution is -2.25. The van der Waals surface area contributed by atoms with Crippen LogP contribution in [0.5, 0.6) is 0 Å². The third kappa shape index (κ3) is 5.19. The van der Waals surface area contributed by atoms with Crippen LogP contribution in [-0.2, 0) is 19.3 Å². The fourth-order valence-electron chi connectivity index (χ4n) is 4.14. The van der Waals surface area contributed by atoms with Crippen molar-refractivity contribution < 1.29 is 13.2 Å². The van der Waals surface area contributed by atoms with Crippen molar-refractivity contribution in [2.24, 2.45) is 0 Å². The van der Waals surface area contributed by atoms with E-state index >= 15 is 0 Å². The van der Waals surface area contributed by atoms with Crippen molar-refractivity contribution in [1.82, 2.24) is 14.5 Å². The van der Waals surface area contributed by atoms with Gasteiger partial charge in [0, 0.05) is 16.5 Å². The second kappa shape index (κ2) is 9.86. The summed E-state index contributed by atoms with van der Waals surface area (Å²) in [6, 6.07) is 6.29. The van der Waals surface area contributed by atoms with Crippen LogP contribution < -0.4 is 5.56 Å². The van der Waals surface area contributed by atoms with E-state index in [1.54, 1.807) is 23.9 Å². The highest BCUT2D eigenvalue weighted by molar-refractivity contribution is 7.99. The molecule has 0 saturated carbocycles. The van der Waals surface area contributed by atoms with Gasteiger partial charge < -0.3 is 0 Å². The van der Waals surface area contributed by atoms with E-state index in [-0.39, 0.29) is 34.6 Å². The van der Waals surface area contributed by atoms with Gasteiger partial charge in [-0.3, -0.25) is 14.3 Å². The summed E-state index contributed by atoms with van der Waals surface area (Å²) in [5, 5.41) is 0.258. The number of hydrogen-bond donors (Lipinski definition) is 0. The van der Waals surface area contributed by atoms with Crippen LogP contribution in [0.3, 0.4) is 0 Å². The molecule has 0 spiro atoms. The maximum absolute atomic E-state index is 14.0. The molecular formula is C23H22Cl2F3N3OS. The Kier molecular flexibility index (Phi) is 7.29. The smallest absolute Gasteiger partial charge is 0.299 e. The summed E-state index contributed by atoms with van der Waals surface area (Å²) >= 11 is 14.2. The summed E-state index contributed by atoms with van der Waals surface area (Å²) in [6.45, 7) is 3.66. The van der Waals surface area contributed by atoms with Crippen LogP contribution in [-0.4, -0.2) is 33.3 Å². The SMILES string of the molecule is CCSc1ccc(Cl)cc1Cn1cnc2c(Cl)c(CN3CCCC3)c(C(F)(F)F)cc2c1=O. The molecule has 0 aliphatic carbocycles. The molecule has 176 valence electrons. The summed E-state index contributed by atoms with van der Waals surface area (Å²) in [5.41, 5.74) is -0.597. The molecule has 2 heterocycles. The third-order valence-electron chi connectivity index (χ3n) is 5.71. The van der Waals surface area contributed by atoms with E-state index in [0.717, 1.165) is 48.2 Å². The van der Waals surface area contributed by atoms with Gasteiger partial charge in [-0.1, -0.05) is 30.1 Å². The molecule has 0 radical (unpaired) electrons. The van der Waals surface area contributed by atoms with Gasteiger partial charge in [0.05, 0.1) is 34.4 Å². The van der Waals surface area contributed by atoms with Crippen molar-refractivity contribution in [2.45, 2.75) is 43.9 Å². The zero-order chi connectivity index (χ0) is 23.8. The number of nitrogens with zero attached hydrogens (tertiary/aromatic N) is 3. The molecule has 4 nitrogen and oxygen atoms in total. The average molecular weight is 516 g/mol. The molecule has 1 saturated heterocycles. The second-order valence-corrected chi connectivity index (χ2v) is 10.1. The molecule has 4 rings (SSSR count). The van der Waals surface area contributed by atoms with Gasteiger partial charge in [-0.2, -0.15) is 13.2 Å². The standard InChI is InChI=1S/C23H22Cl2F3N3OS/c1-2-33-19-6-5-15(24)9-14(19)11-31-13-29-21-16(22(31)32)10-18(23(26,27)28)17(20(21)25)12-30-7-3-4-8-30/h5-6,9-10,13H,2-4,7-8,11-12H2,1H3. The molecule has 1 aromatic heterocycles. The molecule has 0 atom stereocenters. The highest BCUT2D eigenvalue weighted by Gasteiger charge is 2.36. The highest BCUT2D eigenvalue weighted by atomic mass is 35.5. The van der Waals surface area contributed by atoms with Crippen LogP contribution in [0, 0.1) is 0 Å². The maximum Gasteiger partial charge on any atom is 0.416 e. The van der Waals surface area contributed by atoms with Crippen molar-refractivity contribution in [3.05, 3.63) is 67.7 Å². The largest absolute Gasteiger partial charge is 0.416 e. The van der Waals surface area contributed by atoms with Crippen molar-refractivity contribution in [1.29, 1.82) is 0 Å². The molecule has 0 bridgehead atoms. The minimum absolute atomic E-state index is 0.0281. The van der Waals surface area contributed by atoms with Crippen LogP contribution >= 0.6 is 35.0 Å². The van der Waals surface area contributed by atoms with Crippen molar-refractivity contribution in [3.8, 4) is 0 Å². The van der Waals surface area contributed by atoms with E-state index in [2.05, 4.69) is 4.98 Å². The first-order valence-corrected chi connectivity index (χ1v) is 12.3. The lowest BCUT2D eigenvalue weighted by molar-refractivity contribution is -0.138. The first-order chi connectivity index (χ1) is 15.7. The number of hydrogen-bond acceptors (Lipinski definition) is 4. The summed E-state index contributed by atoms with van der Waals surface area (Å²) in [5.74, 6) is 0.823. The predicted molar refractivity (Wildman–Crippen MR) is 127 cm³/mol. The van der Waals surface area contributed by atoms with Crippen LogP contribution in [0.15, 0.2) is 40.3 Å². The first kappa shape index (κ1) is 24.4. The Morgan fingerprint density at radius 3 is 2.52 bits per heavy atom. The number of rotatable bonds is 6. The minimum atomic E-state index is -4.64. The number of alkyl halides is 3. The van der Waals surface area contributed by atoms with Crippen molar-refractivity contribution in [3.63, 3.8) is 0 Å². The molecule has 1 aliphatic rings. The Bertz CT molecular complexity index is 1240. The van der Waals surface area contributed by atoms with Gasteiger partial charge in [0.1, 0.15) is 0 Å². The quantitative estimate of drug-likeness (QED) is 0.352. The lowest BCUT2D eigenvalue weighted by Gasteiger charge is -2.21. The van der Waals surface area contributed by atoms with E-state index in [9.17, 15) is 18.0 Å². The first-order valence-electron chi connectivity index (χ1n) is 10.6. The maximum atomic E-state index is 14.0. The Balaban J connectivity index is 1.82. The minimum Gasteiger partial charge on any atom is -0.299 e. The number of benzene rings is 2. The second-order valence-electron chi connectivity index (χ2n) is 7.96. The number of thioether (sulfide) groups is 1. The molecular weight excluding hydrogens is 494 g/mol. The average Bonchev–Trinajstić information content (AvgIpc) is 3.26. The molecule has 33 heavy (non-hydrogen) atoms. The lowest BCUT2D eigenvalue weighted by atomic mass is 10.0. The van der Waals surface area contributed by atoms with E-state index < -0.39 is 17.3 Å². The van der Waals surface area contributed by atoms with E-state index in [1.807, 2.05) is 17.9 Å². The summed E-state index contributed by atoms with van der Waals surface area (Å²) in [7, 11) is 0. The molecule has 0 unspecified atom stereocenters. The van der Waals surface area contributed by atoms with Gasteiger partial charge in [0.25, 0.3) is 5.56 Å². The van der Waals surface area contributed by atoms with Gasteiger partial charge >= 0.3 is 6.18 Å². The fraction of sp³-hybridized carbons (Fsp3) is 0.391.